The van der Waals surface area contributed by atoms with Gasteiger partial charge >= 0.3 is 0 Å². The number of allylic oxidation sites excluding steroid dienone is 2. The van der Waals surface area contributed by atoms with E-state index in [2.05, 4.69) is 23.8 Å². The number of hydrogen-bond donors (Lipinski definition) is 1. The minimum atomic E-state index is 0.122. The van der Waals surface area contributed by atoms with Crippen LogP contribution in [0.3, 0.4) is 0 Å². The van der Waals surface area contributed by atoms with E-state index in [1.807, 2.05) is 0 Å². The van der Waals surface area contributed by atoms with Crippen molar-refractivity contribution in [3.05, 3.63) is 12.2 Å². The summed E-state index contributed by atoms with van der Waals surface area (Å²) in [5.41, 5.74) is 0. The van der Waals surface area contributed by atoms with Crippen LogP contribution in [0.5, 0.6) is 0 Å². The van der Waals surface area contributed by atoms with E-state index in [0.29, 0.717) is 6.61 Å². The molecule has 0 bridgehead atoms. The molecule has 1 aliphatic carbocycles. The van der Waals surface area contributed by atoms with Crippen LogP contribution in [-0.4, -0.2) is 25.4 Å². The second-order valence-corrected chi connectivity index (χ2v) is 3.11. The monoisotopic (exact) mass is 172 g/mol. The first-order chi connectivity index (χ1) is 5.81. The summed E-state index contributed by atoms with van der Waals surface area (Å²) in [7, 11) is 1.55. The van der Waals surface area contributed by atoms with Crippen molar-refractivity contribution in [1.29, 1.82) is 0 Å². The van der Waals surface area contributed by atoms with Crippen LogP contribution in [0, 0.1) is 5.92 Å². The molecule has 0 aromatic heterocycles. The first kappa shape index (κ1) is 11.7. The topological polar surface area (TPSA) is 29.5 Å². The highest BCUT2D eigenvalue weighted by Crippen LogP contribution is 2.15. The number of aliphatic hydroxyl groups is 1. The Morgan fingerprint density at radius 1 is 1.50 bits per heavy atom. The SMILES string of the molecule is CC1CC=CCC1.COCCO. The number of ether oxygens (including phenoxy) is 1. The molecule has 72 valence electrons. The van der Waals surface area contributed by atoms with Crippen molar-refractivity contribution in [3.8, 4) is 0 Å². The van der Waals surface area contributed by atoms with Crippen molar-refractivity contribution >= 4 is 0 Å². The van der Waals surface area contributed by atoms with Crippen LogP contribution < -0.4 is 0 Å². The molecule has 0 saturated carbocycles. The van der Waals surface area contributed by atoms with Gasteiger partial charge in [0.1, 0.15) is 0 Å². The predicted molar refractivity (Wildman–Crippen MR) is 51.1 cm³/mol. The molecule has 2 heteroatoms. The molecular weight excluding hydrogens is 152 g/mol. The molecule has 0 spiro atoms. The number of hydrogen-bond acceptors (Lipinski definition) is 2. The minimum Gasteiger partial charge on any atom is -0.394 e. The highest BCUT2D eigenvalue weighted by molar-refractivity contribution is 4.88. The smallest absolute Gasteiger partial charge is 0.0693 e. The largest absolute Gasteiger partial charge is 0.394 e. The van der Waals surface area contributed by atoms with Crippen LogP contribution in [0.1, 0.15) is 26.2 Å². The third-order valence-electron chi connectivity index (χ3n) is 1.83. The van der Waals surface area contributed by atoms with E-state index in [0.717, 1.165) is 5.92 Å². The molecule has 1 aliphatic rings. The Hall–Kier alpha value is -0.340. The zero-order valence-corrected chi connectivity index (χ0v) is 8.12. The van der Waals surface area contributed by atoms with E-state index < -0.39 is 0 Å². The normalized spacial score (nSPS) is 21.4. The van der Waals surface area contributed by atoms with Crippen LogP contribution in [0.4, 0.5) is 0 Å². The summed E-state index contributed by atoms with van der Waals surface area (Å²) in [6.45, 7) is 2.88. The highest BCUT2D eigenvalue weighted by atomic mass is 16.5. The van der Waals surface area contributed by atoms with Crippen molar-refractivity contribution in [1.82, 2.24) is 0 Å². The maximum atomic E-state index is 7.94. The third kappa shape index (κ3) is 7.76. The summed E-state index contributed by atoms with van der Waals surface area (Å²) in [6.07, 6.45) is 8.58. The van der Waals surface area contributed by atoms with Gasteiger partial charge in [-0.15, -0.1) is 0 Å². The summed E-state index contributed by atoms with van der Waals surface area (Å²) >= 11 is 0. The zero-order valence-electron chi connectivity index (χ0n) is 8.12. The molecule has 0 fully saturated rings. The zero-order chi connectivity index (χ0) is 9.23. The fourth-order valence-corrected chi connectivity index (χ4v) is 1.04. The Labute approximate surface area is 75.2 Å². The number of methoxy groups -OCH3 is 1. The Balaban J connectivity index is 0.000000217. The van der Waals surface area contributed by atoms with Gasteiger partial charge in [0, 0.05) is 7.11 Å². The van der Waals surface area contributed by atoms with Crippen LogP contribution in [-0.2, 0) is 4.74 Å². The Kier molecular flexibility index (Phi) is 8.51. The van der Waals surface area contributed by atoms with Gasteiger partial charge in [-0.3, -0.25) is 0 Å². The molecule has 2 nitrogen and oxygen atoms in total. The van der Waals surface area contributed by atoms with Gasteiger partial charge in [0.05, 0.1) is 13.2 Å². The lowest BCUT2D eigenvalue weighted by Crippen LogP contribution is -1.94. The first-order valence-corrected chi connectivity index (χ1v) is 4.56. The van der Waals surface area contributed by atoms with E-state index in [1.54, 1.807) is 7.11 Å². The predicted octanol–water partition coefficient (Wildman–Crippen LogP) is 1.99. The molecule has 0 radical (unpaired) electrons. The van der Waals surface area contributed by atoms with E-state index >= 15 is 0 Å². The second kappa shape index (κ2) is 8.75. The van der Waals surface area contributed by atoms with Crippen LogP contribution >= 0.6 is 0 Å². The highest BCUT2D eigenvalue weighted by Gasteiger charge is 2.00. The van der Waals surface area contributed by atoms with Crippen LogP contribution in [0.15, 0.2) is 12.2 Å². The summed E-state index contributed by atoms with van der Waals surface area (Å²) in [5, 5.41) is 7.94. The molecule has 0 heterocycles. The van der Waals surface area contributed by atoms with E-state index in [1.165, 1.54) is 19.3 Å². The van der Waals surface area contributed by atoms with Crippen molar-refractivity contribution < 1.29 is 9.84 Å². The molecule has 0 aromatic rings. The number of rotatable bonds is 2. The summed E-state index contributed by atoms with van der Waals surface area (Å²) < 4.78 is 4.44. The maximum absolute atomic E-state index is 7.94. The summed E-state index contributed by atoms with van der Waals surface area (Å²) in [6, 6.07) is 0. The molecule has 1 unspecified atom stereocenters. The fourth-order valence-electron chi connectivity index (χ4n) is 1.04. The van der Waals surface area contributed by atoms with Gasteiger partial charge in [0.15, 0.2) is 0 Å². The van der Waals surface area contributed by atoms with Crippen LogP contribution in [0.2, 0.25) is 0 Å². The molecule has 0 aliphatic heterocycles. The van der Waals surface area contributed by atoms with Gasteiger partial charge in [0.2, 0.25) is 0 Å². The Bertz CT molecular complexity index is 108. The summed E-state index contributed by atoms with van der Waals surface area (Å²) in [4.78, 5) is 0. The molecule has 1 rings (SSSR count). The Morgan fingerprint density at radius 3 is 2.42 bits per heavy atom. The lowest BCUT2D eigenvalue weighted by molar-refractivity contribution is 0.135. The van der Waals surface area contributed by atoms with E-state index in [-0.39, 0.29) is 6.61 Å². The molecular formula is C10H20O2. The average molecular weight is 172 g/mol. The van der Waals surface area contributed by atoms with Gasteiger partial charge < -0.3 is 9.84 Å². The van der Waals surface area contributed by atoms with Crippen molar-refractivity contribution in [2.45, 2.75) is 26.2 Å². The van der Waals surface area contributed by atoms with Gasteiger partial charge in [-0.05, 0) is 25.2 Å². The minimum absolute atomic E-state index is 0.122. The third-order valence-corrected chi connectivity index (χ3v) is 1.83. The van der Waals surface area contributed by atoms with E-state index in [9.17, 15) is 0 Å². The average Bonchev–Trinajstić information content (AvgIpc) is 2.08. The Morgan fingerprint density at radius 2 is 2.25 bits per heavy atom. The fraction of sp³-hybridized carbons (Fsp3) is 0.800. The molecule has 0 aromatic carbocycles. The maximum Gasteiger partial charge on any atom is 0.0693 e. The van der Waals surface area contributed by atoms with E-state index in [4.69, 9.17) is 5.11 Å². The molecule has 1 atom stereocenters. The van der Waals surface area contributed by atoms with Gasteiger partial charge in [-0.2, -0.15) is 0 Å². The van der Waals surface area contributed by atoms with Crippen molar-refractivity contribution in [2.75, 3.05) is 20.3 Å². The van der Waals surface area contributed by atoms with Gasteiger partial charge in [-0.1, -0.05) is 19.1 Å². The standard InChI is InChI=1S/C7H12.C3H8O2/c1-7-5-3-2-4-6-7;1-5-3-2-4/h2-3,7H,4-6H2,1H3;4H,2-3H2,1H3. The van der Waals surface area contributed by atoms with Crippen molar-refractivity contribution in [3.63, 3.8) is 0 Å². The van der Waals surface area contributed by atoms with Gasteiger partial charge in [0.25, 0.3) is 0 Å². The second-order valence-electron chi connectivity index (χ2n) is 3.11. The first-order valence-electron chi connectivity index (χ1n) is 4.56. The quantitative estimate of drug-likeness (QED) is 0.645. The lowest BCUT2D eigenvalue weighted by Gasteiger charge is -2.09. The summed E-state index contributed by atoms with van der Waals surface area (Å²) in [5.74, 6) is 0.949. The molecule has 12 heavy (non-hydrogen) atoms. The van der Waals surface area contributed by atoms with Crippen LogP contribution in [0.25, 0.3) is 0 Å². The van der Waals surface area contributed by atoms with Gasteiger partial charge in [-0.25, -0.2) is 0 Å². The lowest BCUT2D eigenvalue weighted by atomic mass is 9.97. The molecule has 1 N–H and O–H groups in total. The van der Waals surface area contributed by atoms with Crippen molar-refractivity contribution in [2.24, 2.45) is 5.92 Å². The molecule has 0 amide bonds. The molecule has 0 saturated heterocycles. The number of aliphatic hydroxyl groups excluding tert-OH is 1.